The lowest BCUT2D eigenvalue weighted by atomic mass is 9.96. The van der Waals surface area contributed by atoms with Crippen LogP contribution >= 0.6 is 0 Å². The Morgan fingerprint density at radius 3 is 2.42 bits per heavy atom. The fourth-order valence-electron chi connectivity index (χ4n) is 4.47. The number of carbonyl (C=O) groups is 1. The Labute approximate surface area is 182 Å². The summed E-state index contributed by atoms with van der Waals surface area (Å²) in [6, 6.07) is 16.6. The molecule has 1 aromatic heterocycles. The maximum Gasteiger partial charge on any atom is 0.298 e. The molecule has 2 saturated heterocycles. The minimum absolute atomic E-state index is 0.00109. The Morgan fingerprint density at radius 2 is 1.65 bits per heavy atom. The molecule has 3 heterocycles. The normalized spacial score (nSPS) is 18.5. The zero-order valence-corrected chi connectivity index (χ0v) is 18.0. The third-order valence-electron chi connectivity index (χ3n) is 6.42. The Bertz CT molecular complexity index is 1020. The van der Waals surface area contributed by atoms with Gasteiger partial charge in [-0.05, 0) is 44.2 Å². The van der Waals surface area contributed by atoms with E-state index in [2.05, 4.69) is 38.1 Å². The third-order valence-corrected chi connectivity index (χ3v) is 6.42. The number of fused-ring (bicyclic) bond motifs is 1. The average molecular weight is 420 g/mol. The van der Waals surface area contributed by atoms with Crippen LogP contribution in [0, 0.1) is 5.92 Å². The largest absolute Gasteiger partial charge is 0.423 e. The Hall–Kier alpha value is -3.06. The molecular formula is C24H29N5O2. The number of benzene rings is 2. The van der Waals surface area contributed by atoms with E-state index < -0.39 is 0 Å². The predicted molar refractivity (Wildman–Crippen MR) is 124 cm³/mol. The van der Waals surface area contributed by atoms with E-state index in [1.54, 1.807) is 0 Å². The number of carbonyl (C=O) groups excluding carboxylic acids is 1. The number of nitrogens with zero attached hydrogens (tertiary/aromatic N) is 4. The minimum Gasteiger partial charge on any atom is -0.423 e. The first kappa shape index (κ1) is 19.9. The molecule has 0 aliphatic carbocycles. The third kappa shape index (κ3) is 4.23. The molecule has 2 fully saturated rings. The SMILES string of the molecule is CN1CCN(c2ccccc2NC(=O)C2CCN(c3nc4ccccc4o3)CC2)CC1. The van der Waals surface area contributed by atoms with Crippen LogP contribution in [0.3, 0.4) is 0 Å². The van der Waals surface area contributed by atoms with Gasteiger partial charge in [-0.2, -0.15) is 4.98 Å². The van der Waals surface area contributed by atoms with Crippen molar-refractivity contribution in [3.05, 3.63) is 48.5 Å². The van der Waals surface area contributed by atoms with Crippen LogP contribution < -0.4 is 15.1 Å². The van der Waals surface area contributed by atoms with Crippen LogP contribution in [-0.2, 0) is 4.79 Å². The van der Waals surface area contributed by atoms with Crippen molar-refractivity contribution in [1.82, 2.24) is 9.88 Å². The van der Waals surface area contributed by atoms with Gasteiger partial charge in [-0.15, -0.1) is 0 Å². The molecule has 31 heavy (non-hydrogen) atoms. The highest BCUT2D eigenvalue weighted by molar-refractivity contribution is 5.96. The van der Waals surface area contributed by atoms with Gasteiger partial charge in [0.25, 0.3) is 6.01 Å². The van der Waals surface area contributed by atoms with Gasteiger partial charge in [-0.25, -0.2) is 0 Å². The summed E-state index contributed by atoms with van der Waals surface area (Å²) >= 11 is 0. The molecule has 0 bridgehead atoms. The fourth-order valence-corrected chi connectivity index (χ4v) is 4.47. The van der Waals surface area contributed by atoms with E-state index in [1.807, 2.05) is 42.5 Å². The Morgan fingerprint density at radius 1 is 0.935 bits per heavy atom. The van der Waals surface area contributed by atoms with Crippen LogP contribution in [0.25, 0.3) is 11.1 Å². The summed E-state index contributed by atoms with van der Waals surface area (Å²) in [5.41, 5.74) is 3.71. The van der Waals surface area contributed by atoms with Gasteiger partial charge in [0.2, 0.25) is 5.91 Å². The first-order chi connectivity index (χ1) is 15.2. The minimum atomic E-state index is 0.00109. The van der Waals surface area contributed by atoms with Gasteiger partial charge in [-0.1, -0.05) is 24.3 Å². The van der Waals surface area contributed by atoms with Gasteiger partial charge in [-0.3, -0.25) is 4.79 Å². The number of nitrogens with one attached hydrogen (secondary N) is 1. The molecule has 2 aliphatic rings. The van der Waals surface area contributed by atoms with Crippen LogP contribution in [0.4, 0.5) is 17.4 Å². The van der Waals surface area contributed by atoms with Gasteiger partial charge in [0.05, 0.1) is 11.4 Å². The summed E-state index contributed by atoms with van der Waals surface area (Å²) < 4.78 is 5.89. The summed E-state index contributed by atoms with van der Waals surface area (Å²) in [6.07, 6.45) is 1.59. The maximum absolute atomic E-state index is 13.0. The van der Waals surface area contributed by atoms with Crippen molar-refractivity contribution in [2.24, 2.45) is 5.92 Å². The summed E-state index contributed by atoms with van der Waals surface area (Å²) in [7, 11) is 2.15. The predicted octanol–water partition coefficient (Wildman–Crippen LogP) is 3.43. The molecular weight excluding hydrogens is 390 g/mol. The van der Waals surface area contributed by atoms with Crippen molar-refractivity contribution >= 4 is 34.4 Å². The van der Waals surface area contributed by atoms with Crippen LogP contribution in [0.5, 0.6) is 0 Å². The van der Waals surface area contributed by atoms with Crippen LogP contribution in [0.15, 0.2) is 52.9 Å². The number of piperidine rings is 1. The molecule has 0 unspecified atom stereocenters. The summed E-state index contributed by atoms with van der Waals surface area (Å²) in [5.74, 6) is 0.111. The molecule has 5 rings (SSSR count). The van der Waals surface area contributed by atoms with E-state index >= 15 is 0 Å². The second-order valence-corrected chi connectivity index (χ2v) is 8.52. The lowest BCUT2D eigenvalue weighted by Gasteiger charge is -2.35. The molecule has 0 radical (unpaired) electrons. The number of aromatic nitrogens is 1. The quantitative estimate of drug-likeness (QED) is 0.699. The van der Waals surface area contributed by atoms with E-state index in [0.717, 1.165) is 74.6 Å². The van der Waals surface area contributed by atoms with Gasteiger partial charge >= 0.3 is 0 Å². The zero-order valence-electron chi connectivity index (χ0n) is 18.0. The first-order valence-electron chi connectivity index (χ1n) is 11.1. The van der Waals surface area contributed by atoms with E-state index in [0.29, 0.717) is 6.01 Å². The van der Waals surface area contributed by atoms with Crippen LogP contribution in [-0.4, -0.2) is 62.1 Å². The molecule has 3 aromatic rings. The van der Waals surface area contributed by atoms with E-state index in [1.165, 1.54) is 0 Å². The van der Waals surface area contributed by atoms with E-state index in [-0.39, 0.29) is 11.8 Å². The number of oxazole rings is 1. The van der Waals surface area contributed by atoms with Crippen LogP contribution in [0.1, 0.15) is 12.8 Å². The van der Waals surface area contributed by atoms with Crippen molar-refractivity contribution < 1.29 is 9.21 Å². The number of piperazine rings is 1. The highest BCUT2D eigenvalue weighted by Gasteiger charge is 2.28. The van der Waals surface area contributed by atoms with Crippen molar-refractivity contribution in [3.8, 4) is 0 Å². The van der Waals surface area contributed by atoms with E-state index in [9.17, 15) is 4.79 Å². The number of anilines is 3. The smallest absolute Gasteiger partial charge is 0.298 e. The molecule has 1 amide bonds. The average Bonchev–Trinajstić information content (AvgIpc) is 3.25. The molecule has 0 atom stereocenters. The lowest BCUT2D eigenvalue weighted by molar-refractivity contribution is -0.120. The van der Waals surface area contributed by atoms with Crippen molar-refractivity contribution in [2.45, 2.75) is 12.8 Å². The highest BCUT2D eigenvalue weighted by atomic mass is 16.4. The van der Waals surface area contributed by atoms with Gasteiger partial charge in [0, 0.05) is 45.2 Å². The van der Waals surface area contributed by atoms with Crippen molar-refractivity contribution in [2.75, 3.05) is 61.4 Å². The molecule has 7 nitrogen and oxygen atoms in total. The van der Waals surface area contributed by atoms with Crippen LogP contribution in [0.2, 0.25) is 0 Å². The molecule has 2 aromatic carbocycles. The second-order valence-electron chi connectivity index (χ2n) is 8.52. The highest BCUT2D eigenvalue weighted by Crippen LogP contribution is 2.30. The molecule has 0 saturated carbocycles. The van der Waals surface area contributed by atoms with Crippen molar-refractivity contribution in [3.63, 3.8) is 0 Å². The number of para-hydroxylation sites is 4. The standard InChI is InChI=1S/C24H29N5O2/c1-27-14-16-28(17-15-27)21-8-4-2-6-19(21)25-23(30)18-10-12-29(13-11-18)24-26-20-7-3-5-9-22(20)31-24/h2-9,18H,10-17H2,1H3,(H,25,30). The van der Waals surface area contributed by atoms with Crippen molar-refractivity contribution in [1.29, 1.82) is 0 Å². The fraction of sp³-hybridized carbons (Fsp3) is 0.417. The lowest BCUT2D eigenvalue weighted by Crippen LogP contribution is -2.45. The molecule has 1 N–H and O–H groups in total. The molecule has 162 valence electrons. The molecule has 2 aliphatic heterocycles. The zero-order chi connectivity index (χ0) is 21.2. The number of amides is 1. The van der Waals surface area contributed by atoms with Gasteiger partial charge in [0.1, 0.15) is 5.52 Å². The maximum atomic E-state index is 13.0. The van der Waals surface area contributed by atoms with Gasteiger partial charge < -0.3 is 24.4 Å². The summed E-state index contributed by atoms with van der Waals surface area (Å²) in [5, 5.41) is 3.21. The number of hydrogen-bond acceptors (Lipinski definition) is 6. The number of likely N-dealkylation sites (N-methyl/N-ethyl adjacent to an activating group) is 1. The summed E-state index contributed by atoms with van der Waals surface area (Å²) in [4.78, 5) is 24.5. The monoisotopic (exact) mass is 419 g/mol. The topological polar surface area (TPSA) is 64.8 Å². The molecule has 0 spiro atoms. The molecule has 7 heteroatoms. The number of rotatable bonds is 4. The summed E-state index contributed by atoms with van der Waals surface area (Å²) in [6.45, 7) is 5.57. The first-order valence-corrected chi connectivity index (χ1v) is 11.1. The van der Waals surface area contributed by atoms with Gasteiger partial charge in [0.15, 0.2) is 5.58 Å². The Balaban J connectivity index is 1.21. The number of hydrogen-bond donors (Lipinski definition) is 1. The Kier molecular flexibility index (Phi) is 5.51. The second kappa shape index (κ2) is 8.59. The van der Waals surface area contributed by atoms with E-state index in [4.69, 9.17) is 4.42 Å².